The molecule has 1 nitrogen and oxygen atoms in total. The number of carbonyl (C=O) groups excluding carboxylic acids is 1. The van der Waals surface area contributed by atoms with Crippen LogP contribution in [0.3, 0.4) is 0 Å². The van der Waals surface area contributed by atoms with Crippen molar-refractivity contribution in [3.8, 4) is 0 Å². The van der Waals surface area contributed by atoms with Crippen LogP contribution in [0, 0.1) is 17.7 Å². The molecule has 1 unspecified atom stereocenters. The van der Waals surface area contributed by atoms with Gasteiger partial charge in [0.25, 0.3) is 0 Å². The van der Waals surface area contributed by atoms with Crippen molar-refractivity contribution in [1.82, 2.24) is 0 Å². The van der Waals surface area contributed by atoms with Gasteiger partial charge in [0.1, 0.15) is 11.6 Å². The van der Waals surface area contributed by atoms with Gasteiger partial charge in [-0.3, -0.25) is 4.79 Å². The molecule has 0 saturated heterocycles. The molecule has 0 fully saturated rings. The quantitative estimate of drug-likeness (QED) is 0.742. The molecule has 1 aromatic carbocycles. The Morgan fingerprint density at radius 3 is 2.53 bits per heavy atom. The second-order valence-corrected chi connectivity index (χ2v) is 4.30. The van der Waals surface area contributed by atoms with E-state index >= 15 is 0 Å². The van der Waals surface area contributed by atoms with Gasteiger partial charge in [-0.15, -0.1) is 0 Å². The zero-order chi connectivity index (χ0) is 11.4. The van der Waals surface area contributed by atoms with E-state index in [4.69, 9.17) is 0 Å². The summed E-state index contributed by atoms with van der Waals surface area (Å²) in [5.74, 6) is 0.227. The van der Waals surface area contributed by atoms with Crippen LogP contribution in [0.15, 0.2) is 24.3 Å². The van der Waals surface area contributed by atoms with Crippen LogP contribution >= 0.6 is 0 Å². The Balaban J connectivity index is 2.79. The van der Waals surface area contributed by atoms with Gasteiger partial charge >= 0.3 is 0 Å². The maximum Gasteiger partial charge on any atom is 0.133 e. The van der Waals surface area contributed by atoms with Crippen molar-refractivity contribution in [3.63, 3.8) is 0 Å². The van der Waals surface area contributed by atoms with Gasteiger partial charge in [0.2, 0.25) is 0 Å². The van der Waals surface area contributed by atoms with Gasteiger partial charge in [0.05, 0.1) is 0 Å². The van der Waals surface area contributed by atoms with E-state index in [1.165, 1.54) is 12.1 Å². The number of benzene rings is 1. The second-order valence-electron chi connectivity index (χ2n) is 4.30. The van der Waals surface area contributed by atoms with Crippen molar-refractivity contribution >= 4 is 5.78 Å². The number of hydrogen-bond acceptors (Lipinski definition) is 1. The fourth-order valence-corrected chi connectivity index (χ4v) is 1.77. The van der Waals surface area contributed by atoms with Crippen molar-refractivity contribution in [3.05, 3.63) is 35.6 Å². The van der Waals surface area contributed by atoms with Crippen LogP contribution in [0.5, 0.6) is 0 Å². The minimum absolute atomic E-state index is 0.00759. The van der Waals surface area contributed by atoms with Gasteiger partial charge in [-0.25, -0.2) is 4.39 Å². The number of halogens is 1. The van der Waals surface area contributed by atoms with Crippen LogP contribution in [0.1, 0.15) is 26.3 Å². The van der Waals surface area contributed by atoms with Crippen LogP contribution in [0.25, 0.3) is 0 Å². The first kappa shape index (κ1) is 11.9. The van der Waals surface area contributed by atoms with Crippen molar-refractivity contribution < 1.29 is 9.18 Å². The molecule has 0 aliphatic rings. The van der Waals surface area contributed by atoms with Gasteiger partial charge in [0, 0.05) is 5.92 Å². The maximum atomic E-state index is 12.9. The number of carbonyl (C=O) groups is 1. The highest BCUT2D eigenvalue weighted by molar-refractivity contribution is 5.78. The predicted octanol–water partition coefficient (Wildman–Crippen LogP) is 3.23. The summed E-state index contributed by atoms with van der Waals surface area (Å²) in [7, 11) is 0. The molecule has 0 amide bonds. The highest BCUT2D eigenvalue weighted by Crippen LogP contribution is 2.18. The summed E-state index contributed by atoms with van der Waals surface area (Å²) in [5.41, 5.74) is 0.893. The third kappa shape index (κ3) is 3.46. The molecule has 1 atom stereocenters. The third-order valence-electron chi connectivity index (χ3n) is 2.67. The number of Topliss-reactive ketones (excluding diaryl/α,β-unsaturated/α-hetero) is 1. The van der Waals surface area contributed by atoms with E-state index < -0.39 is 0 Å². The lowest BCUT2D eigenvalue weighted by atomic mass is 9.86. The van der Waals surface area contributed by atoms with Crippen LogP contribution in [0.4, 0.5) is 4.39 Å². The number of rotatable bonds is 4. The molecule has 0 aliphatic heterocycles. The van der Waals surface area contributed by atoms with Crippen molar-refractivity contribution in [2.45, 2.75) is 27.2 Å². The lowest BCUT2D eigenvalue weighted by Crippen LogP contribution is -2.20. The molecular formula is C13H17FO. The summed E-state index contributed by atoms with van der Waals surface area (Å²) in [4.78, 5) is 11.4. The standard InChI is InChI=1S/C13H17FO/c1-9(2)13(10(3)15)8-11-5-4-6-12(14)7-11/h4-7,9,13H,8H2,1-3H3. The van der Waals surface area contributed by atoms with Crippen LogP contribution in [-0.2, 0) is 11.2 Å². The van der Waals surface area contributed by atoms with E-state index in [1.807, 2.05) is 19.9 Å². The molecule has 0 N–H and O–H groups in total. The largest absolute Gasteiger partial charge is 0.300 e. The Morgan fingerprint density at radius 1 is 1.40 bits per heavy atom. The number of hydrogen-bond donors (Lipinski definition) is 0. The molecule has 0 bridgehead atoms. The van der Waals surface area contributed by atoms with Crippen LogP contribution in [0.2, 0.25) is 0 Å². The van der Waals surface area contributed by atoms with Crippen molar-refractivity contribution in [2.75, 3.05) is 0 Å². The van der Waals surface area contributed by atoms with Crippen molar-refractivity contribution in [2.24, 2.45) is 11.8 Å². The molecule has 0 heterocycles. The second kappa shape index (κ2) is 5.06. The van der Waals surface area contributed by atoms with Crippen molar-refractivity contribution in [1.29, 1.82) is 0 Å². The van der Waals surface area contributed by atoms with Gasteiger partial charge in [0.15, 0.2) is 0 Å². The lowest BCUT2D eigenvalue weighted by Gasteiger charge is -2.17. The molecule has 0 spiro atoms. The fourth-order valence-electron chi connectivity index (χ4n) is 1.77. The highest BCUT2D eigenvalue weighted by atomic mass is 19.1. The number of ketones is 1. The monoisotopic (exact) mass is 208 g/mol. The minimum atomic E-state index is -0.237. The highest BCUT2D eigenvalue weighted by Gasteiger charge is 2.18. The average Bonchev–Trinajstić information content (AvgIpc) is 2.13. The SMILES string of the molecule is CC(=O)C(Cc1cccc(F)c1)C(C)C. The Hall–Kier alpha value is -1.18. The average molecular weight is 208 g/mol. The molecule has 82 valence electrons. The normalized spacial score (nSPS) is 12.9. The van der Waals surface area contributed by atoms with E-state index in [9.17, 15) is 9.18 Å². The molecule has 2 heteroatoms. The first-order valence-corrected chi connectivity index (χ1v) is 5.25. The maximum absolute atomic E-state index is 12.9. The first-order chi connectivity index (χ1) is 7.00. The Kier molecular flexibility index (Phi) is 4.01. The lowest BCUT2D eigenvalue weighted by molar-refractivity contribution is -0.121. The minimum Gasteiger partial charge on any atom is -0.300 e. The van der Waals surface area contributed by atoms with E-state index in [2.05, 4.69) is 0 Å². The summed E-state index contributed by atoms with van der Waals surface area (Å²) in [6.07, 6.45) is 0.630. The van der Waals surface area contributed by atoms with E-state index in [0.29, 0.717) is 12.3 Å². The first-order valence-electron chi connectivity index (χ1n) is 5.25. The van der Waals surface area contributed by atoms with Gasteiger partial charge in [-0.1, -0.05) is 26.0 Å². The summed E-state index contributed by atoms with van der Waals surface area (Å²) in [6, 6.07) is 6.46. The summed E-state index contributed by atoms with van der Waals surface area (Å²) in [6.45, 7) is 5.64. The summed E-state index contributed by atoms with van der Waals surface area (Å²) in [5, 5.41) is 0. The molecule has 1 aromatic rings. The zero-order valence-corrected chi connectivity index (χ0v) is 9.46. The Labute approximate surface area is 90.3 Å². The zero-order valence-electron chi connectivity index (χ0n) is 9.46. The fraction of sp³-hybridized carbons (Fsp3) is 0.462. The van der Waals surface area contributed by atoms with E-state index in [-0.39, 0.29) is 17.5 Å². The molecule has 15 heavy (non-hydrogen) atoms. The van der Waals surface area contributed by atoms with Crippen LogP contribution in [-0.4, -0.2) is 5.78 Å². The van der Waals surface area contributed by atoms with Gasteiger partial charge in [-0.05, 0) is 37.0 Å². The van der Waals surface area contributed by atoms with Crippen LogP contribution < -0.4 is 0 Å². The summed E-state index contributed by atoms with van der Waals surface area (Å²) < 4.78 is 12.9. The Morgan fingerprint density at radius 2 is 2.07 bits per heavy atom. The molecule has 0 radical (unpaired) electrons. The third-order valence-corrected chi connectivity index (χ3v) is 2.67. The molecular weight excluding hydrogens is 191 g/mol. The predicted molar refractivity (Wildman–Crippen MR) is 59.1 cm³/mol. The molecule has 0 saturated carbocycles. The van der Waals surface area contributed by atoms with Gasteiger partial charge in [-0.2, -0.15) is 0 Å². The Bertz CT molecular complexity index is 344. The topological polar surface area (TPSA) is 17.1 Å². The molecule has 0 aliphatic carbocycles. The summed E-state index contributed by atoms with van der Waals surface area (Å²) >= 11 is 0. The van der Waals surface area contributed by atoms with E-state index in [0.717, 1.165) is 5.56 Å². The van der Waals surface area contributed by atoms with E-state index in [1.54, 1.807) is 13.0 Å². The molecule has 1 rings (SSSR count). The smallest absolute Gasteiger partial charge is 0.133 e. The van der Waals surface area contributed by atoms with Gasteiger partial charge < -0.3 is 0 Å². The molecule has 0 aromatic heterocycles.